The van der Waals surface area contributed by atoms with E-state index < -0.39 is 12.8 Å². The first-order chi connectivity index (χ1) is 19.8. The molecule has 7 rings (SSSR count). The third-order valence-electron chi connectivity index (χ3n) is 6.66. The molecule has 0 saturated heterocycles. The summed E-state index contributed by atoms with van der Waals surface area (Å²) >= 11 is 0. The first kappa shape index (κ1) is 13.5. The molecule has 1 aliphatic rings. The van der Waals surface area contributed by atoms with Gasteiger partial charge < -0.3 is 0 Å². The maximum Gasteiger partial charge on any atom is 0.0629 e. The molecule has 160 valence electrons. The molecular formula is C34H24. The number of hydrogen-bond donors (Lipinski definition) is 0. The molecule has 0 N–H and O–H groups in total. The molecule has 6 aromatic rings. The van der Waals surface area contributed by atoms with E-state index in [0.717, 1.165) is 43.4 Å². The monoisotopic (exact) mass is 439 g/mol. The second kappa shape index (κ2) is 7.71. The van der Waals surface area contributed by atoms with Crippen LogP contribution in [0.5, 0.6) is 0 Å². The fourth-order valence-corrected chi connectivity index (χ4v) is 5.17. The van der Waals surface area contributed by atoms with Crippen molar-refractivity contribution in [1.82, 2.24) is 0 Å². The molecule has 0 aromatic heterocycles. The summed E-state index contributed by atoms with van der Waals surface area (Å²) in [7, 11) is 0. The highest BCUT2D eigenvalue weighted by atomic mass is 14.2. The van der Waals surface area contributed by atoms with E-state index in [4.69, 9.17) is 9.60 Å². The lowest BCUT2D eigenvalue weighted by Gasteiger charge is -2.21. The average Bonchev–Trinajstić information content (AvgIpc) is 3.00. The fraction of sp³-hybridized carbons (Fsp3) is 0.0588. The van der Waals surface area contributed by atoms with Gasteiger partial charge in [0, 0.05) is 2.74 Å². The van der Waals surface area contributed by atoms with Gasteiger partial charge in [0.15, 0.2) is 0 Å². The van der Waals surface area contributed by atoms with Gasteiger partial charge in [-0.25, -0.2) is 0 Å². The molecular weight excluding hydrogens is 408 g/mol. The van der Waals surface area contributed by atoms with E-state index in [1.54, 1.807) is 0 Å². The van der Waals surface area contributed by atoms with Crippen molar-refractivity contribution in [3.05, 3.63) is 126 Å². The fourth-order valence-electron chi connectivity index (χ4n) is 5.17. The average molecular weight is 440 g/mol. The van der Waals surface area contributed by atoms with Crippen LogP contribution in [0.25, 0.3) is 60.6 Å². The van der Waals surface area contributed by atoms with Crippen LogP contribution < -0.4 is 0 Å². The lowest BCUT2D eigenvalue weighted by atomic mass is 9.82. The van der Waals surface area contributed by atoms with E-state index in [1.165, 1.54) is 0 Å². The van der Waals surface area contributed by atoms with Crippen LogP contribution in [0.2, 0.25) is 0 Å². The summed E-state index contributed by atoms with van der Waals surface area (Å²) in [4.78, 5) is 0. The SMILES string of the molecule is [2H]C1=C([2H])C([2H])C([2H])c2c1c([2H])c([2H])c([2H])c2-c1c2ccccc2c(-c2ccc3ccccc3c2)c2ccccc12. The van der Waals surface area contributed by atoms with E-state index in [-0.39, 0.29) is 41.4 Å². The minimum absolute atomic E-state index is 0.0151. The Hall–Kier alpha value is -4.16. The van der Waals surface area contributed by atoms with E-state index in [2.05, 4.69) is 30.3 Å². The zero-order chi connectivity index (χ0) is 28.6. The molecule has 0 saturated carbocycles. The molecule has 0 heterocycles. The molecule has 2 atom stereocenters. The Morgan fingerprint density at radius 2 is 1.29 bits per heavy atom. The predicted octanol–water partition coefficient (Wildman–Crippen LogP) is 9.44. The quantitative estimate of drug-likeness (QED) is 0.236. The molecule has 0 bridgehead atoms. The molecule has 0 spiro atoms. The molecule has 2 unspecified atom stereocenters. The number of hydrogen-bond acceptors (Lipinski definition) is 0. The van der Waals surface area contributed by atoms with Crippen molar-refractivity contribution in [2.45, 2.75) is 12.8 Å². The highest BCUT2D eigenvalue weighted by Crippen LogP contribution is 2.45. The summed E-state index contributed by atoms with van der Waals surface area (Å²) < 4.78 is 60.7. The van der Waals surface area contributed by atoms with E-state index in [9.17, 15) is 0 Å². The van der Waals surface area contributed by atoms with Crippen molar-refractivity contribution in [3.8, 4) is 22.3 Å². The minimum Gasteiger partial charge on any atom is -0.0836 e. The van der Waals surface area contributed by atoms with Gasteiger partial charge in [-0.1, -0.05) is 115 Å². The summed E-state index contributed by atoms with van der Waals surface area (Å²) in [5.41, 5.74) is 3.25. The van der Waals surface area contributed by atoms with Crippen molar-refractivity contribution in [3.63, 3.8) is 0 Å². The number of fused-ring (bicyclic) bond motifs is 4. The molecule has 34 heavy (non-hydrogen) atoms. The number of rotatable bonds is 2. The Morgan fingerprint density at radius 3 is 2.03 bits per heavy atom. The highest BCUT2D eigenvalue weighted by Gasteiger charge is 2.19. The second-order valence-corrected chi connectivity index (χ2v) is 8.54. The molecule has 6 aromatic carbocycles. The second-order valence-electron chi connectivity index (χ2n) is 8.54. The van der Waals surface area contributed by atoms with Gasteiger partial charge in [-0.05, 0) is 84.6 Å². The van der Waals surface area contributed by atoms with Crippen molar-refractivity contribution in [2.75, 3.05) is 0 Å². The van der Waals surface area contributed by atoms with E-state index in [1.807, 2.05) is 60.7 Å². The minimum atomic E-state index is -1.32. The molecule has 1 aliphatic carbocycles. The van der Waals surface area contributed by atoms with Crippen LogP contribution in [0.3, 0.4) is 0 Å². The maximum absolute atomic E-state index is 9.07. The predicted molar refractivity (Wildman–Crippen MR) is 147 cm³/mol. The third kappa shape index (κ3) is 2.92. The van der Waals surface area contributed by atoms with Crippen LogP contribution in [-0.2, 0) is 6.40 Å². The van der Waals surface area contributed by atoms with Crippen molar-refractivity contribution < 1.29 is 9.60 Å². The van der Waals surface area contributed by atoms with Crippen LogP contribution in [0, 0.1) is 0 Å². The Balaban J connectivity index is 1.67. The topological polar surface area (TPSA) is 0 Å². The lowest BCUT2D eigenvalue weighted by molar-refractivity contribution is 0.988. The third-order valence-corrected chi connectivity index (χ3v) is 6.66. The summed E-state index contributed by atoms with van der Waals surface area (Å²) in [5.74, 6) is 0. The van der Waals surface area contributed by atoms with Crippen molar-refractivity contribution >= 4 is 38.4 Å². The van der Waals surface area contributed by atoms with E-state index in [0.29, 0.717) is 11.1 Å². The zero-order valence-electron chi connectivity index (χ0n) is 25.3. The van der Waals surface area contributed by atoms with E-state index >= 15 is 0 Å². The zero-order valence-corrected chi connectivity index (χ0v) is 18.3. The van der Waals surface area contributed by atoms with Crippen molar-refractivity contribution in [1.29, 1.82) is 0 Å². The summed E-state index contributed by atoms with van der Waals surface area (Å²) in [5, 5.41) is 5.78. The van der Waals surface area contributed by atoms with Gasteiger partial charge in [0.05, 0.1) is 6.85 Å². The smallest absolute Gasteiger partial charge is 0.0629 e. The normalized spacial score (nSPS) is 20.8. The van der Waals surface area contributed by atoms with Gasteiger partial charge in [-0.3, -0.25) is 0 Å². The first-order valence-corrected chi connectivity index (χ1v) is 11.4. The Bertz CT molecular complexity index is 2040. The molecule has 0 nitrogen and oxygen atoms in total. The van der Waals surface area contributed by atoms with Gasteiger partial charge in [-0.15, -0.1) is 0 Å². The molecule has 0 aliphatic heterocycles. The Morgan fingerprint density at radius 1 is 0.647 bits per heavy atom. The van der Waals surface area contributed by atoms with Crippen LogP contribution in [-0.4, -0.2) is 0 Å². The maximum atomic E-state index is 9.07. The largest absolute Gasteiger partial charge is 0.0836 e. The standard InChI is InChI=1S/C34H24/c1-2-12-25-22-26(21-20-23(25)10-1)33-29-15-5-7-17-31(29)34(32-18-8-6-16-30(32)33)28-19-9-13-24-11-3-4-14-27(24)28/h1-3,5-13,15-22H,4,14H2/i3D,4D,9D,11D,13D,14D,19D. The summed E-state index contributed by atoms with van der Waals surface area (Å²) in [6.07, 6.45) is -2.59. The van der Waals surface area contributed by atoms with Gasteiger partial charge in [0.25, 0.3) is 0 Å². The van der Waals surface area contributed by atoms with Crippen LogP contribution in [0.15, 0.2) is 115 Å². The molecule has 0 fully saturated rings. The lowest BCUT2D eigenvalue weighted by Crippen LogP contribution is -1.99. The number of allylic oxidation sites excluding steroid dienone is 1. The van der Waals surface area contributed by atoms with Crippen LogP contribution in [0.1, 0.15) is 27.1 Å². The first-order valence-electron chi connectivity index (χ1n) is 15.0. The van der Waals surface area contributed by atoms with Crippen LogP contribution in [0.4, 0.5) is 0 Å². The Kier molecular flexibility index (Phi) is 3.07. The summed E-state index contributed by atoms with van der Waals surface area (Å²) in [6.45, 7) is 0. The molecule has 0 amide bonds. The van der Waals surface area contributed by atoms with Crippen LogP contribution >= 0.6 is 0 Å². The number of benzene rings is 6. The summed E-state index contributed by atoms with van der Waals surface area (Å²) in [6, 6.07) is 28.9. The highest BCUT2D eigenvalue weighted by molar-refractivity contribution is 6.22. The molecule has 0 radical (unpaired) electrons. The Labute approximate surface area is 209 Å². The van der Waals surface area contributed by atoms with Crippen molar-refractivity contribution in [2.24, 2.45) is 0 Å². The van der Waals surface area contributed by atoms with Gasteiger partial charge >= 0.3 is 0 Å². The van der Waals surface area contributed by atoms with Gasteiger partial charge in [0.1, 0.15) is 0 Å². The molecule has 0 heteroatoms. The van der Waals surface area contributed by atoms with Gasteiger partial charge in [0.2, 0.25) is 0 Å². The van der Waals surface area contributed by atoms with Gasteiger partial charge in [-0.2, -0.15) is 0 Å².